The second-order valence-corrected chi connectivity index (χ2v) is 5.12. The molecule has 1 saturated carbocycles. The Morgan fingerprint density at radius 3 is 2.81 bits per heavy atom. The number of piperazine rings is 1. The van der Waals surface area contributed by atoms with Crippen molar-refractivity contribution in [3.05, 3.63) is 0 Å². The van der Waals surface area contributed by atoms with E-state index in [1.807, 2.05) is 4.90 Å². The van der Waals surface area contributed by atoms with Crippen LogP contribution in [0.3, 0.4) is 0 Å². The zero-order chi connectivity index (χ0) is 11.6. The minimum atomic E-state index is -0.194. The maximum absolute atomic E-state index is 12.5. The largest absolute Gasteiger partial charge is 0.384 e. The molecule has 1 aliphatic heterocycles. The van der Waals surface area contributed by atoms with Gasteiger partial charge in [0.15, 0.2) is 0 Å². The lowest BCUT2D eigenvalue weighted by atomic mass is 9.68. The SMILES string of the molecule is COCC1(C(=O)N2CCNCC2C)CCC1. The van der Waals surface area contributed by atoms with Crippen LogP contribution in [0.1, 0.15) is 26.2 Å². The fraction of sp³-hybridized carbons (Fsp3) is 0.917. The van der Waals surface area contributed by atoms with Crippen LogP contribution in [0.15, 0.2) is 0 Å². The number of methoxy groups -OCH3 is 1. The van der Waals surface area contributed by atoms with Crippen LogP contribution in [0.5, 0.6) is 0 Å². The Morgan fingerprint density at radius 1 is 1.56 bits per heavy atom. The quantitative estimate of drug-likeness (QED) is 0.767. The van der Waals surface area contributed by atoms with E-state index in [0.717, 1.165) is 38.9 Å². The summed E-state index contributed by atoms with van der Waals surface area (Å²) >= 11 is 0. The van der Waals surface area contributed by atoms with Gasteiger partial charge in [0.2, 0.25) is 5.91 Å². The fourth-order valence-corrected chi connectivity index (χ4v) is 2.75. The molecular weight excluding hydrogens is 204 g/mol. The van der Waals surface area contributed by atoms with Gasteiger partial charge in [0.25, 0.3) is 0 Å². The van der Waals surface area contributed by atoms with E-state index in [4.69, 9.17) is 4.74 Å². The average molecular weight is 226 g/mol. The molecule has 0 aromatic rings. The molecule has 1 aliphatic carbocycles. The summed E-state index contributed by atoms with van der Waals surface area (Å²) < 4.78 is 5.23. The average Bonchev–Trinajstić information content (AvgIpc) is 2.23. The van der Waals surface area contributed by atoms with Crippen molar-refractivity contribution in [3.8, 4) is 0 Å². The van der Waals surface area contributed by atoms with E-state index in [2.05, 4.69) is 12.2 Å². The molecule has 1 saturated heterocycles. The van der Waals surface area contributed by atoms with Crippen molar-refractivity contribution in [1.29, 1.82) is 0 Å². The van der Waals surface area contributed by atoms with Gasteiger partial charge >= 0.3 is 0 Å². The first-order valence-corrected chi connectivity index (χ1v) is 6.20. The molecule has 1 unspecified atom stereocenters. The van der Waals surface area contributed by atoms with E-state index in [1.165, 1.54) is 0 Å². The summed E-state index contributed by atoms with van der Waals surface area (Å²) in [4.78, 5) is 14.6. The monoisotopic (exact) mass is 226 g/mol. The fourth-order valence-electron chi connectivity index (χ4n) is 2.75. The van der Waals surface area contributed by atoms with Crippen molar-refractivity contribution < 1.29 is 9.53 Å². The highest BCUT2D eigenvalue weighted by Crippen LogP contribution is 2.43. The van der Waals surface area contributed by atoms with Crippen molar-refractivity contribution in [3.63, 3.8) is 0 Å². The van der Waals surface area contributed by atoms with E-state index in [9.17, 15) is 4.79 Å². The number of ether oxygens (including phenoxy) is 1. The number of hydrogen-bond donors (Lipinski definition) is 1. The highest BCUT2D eigenvalue weighted by atomic mass is 16.5. The summed E-state index contributed by atoms with van der Waals surface area (Å²) in [6.07, 6.45) is 3.15. The zero-order valence-electron chi connectivity index (χ0n) is 10.3. The van der Waals surface area contributed by atoms with E-state index in [-0.39, 0.29) is 5.41 Å². The van der Waals surface area contributed by atoms with Crippen molar-refractivity contribution in [2.45, 2.75) is 32.2 Å². The van der Waals surface area contributed by atoms with Gasteiger partial charge < -0.3 is 15.0 Å². The molecule has 92 valence electrons. The maximum atomic E-state index is 12.5. The molecule has 1 amide bonds. The molecular formula is C12H22N2O2. The number of nitrogens with zero attached hydrogens (tertiary/aromatic N) is 1. The Hall–Kier alpha value is -0.610. The van der Waals surface area contributed by atoms with Gasteiger partial charge in [-0.3, -0.25) is 4.79 Å². The number of nitrogens with one attached hydrogen (secondary N) is 1. The Labute approximate surface area is 97.3 Å². The summed E-state index contributed by atoms with van der Waals surface area (Å²) in [6.45, 7) is 5.37. The lowest BCUT2D eigenvalue weighted by molar-refractivity contribution is -0.155. The third kappa shape index (κ3) is 1.96. The van der Waals surface area contributed by atoms with E-state index in [0.29, 0.717) is 18.6 Å². The third-order valence-corrected chi connectivity index (χ3v) is 3.95. The van der Waals surface area contributed by atoms with Gasteiger partial charge in [-0.25, -0.2) is 0 Å². The topological polar surface area (TPSA) is 41.6 Å². The second kappa shape index (κ2) is 4.72. The molecule has 0 bridgehead atoms. The normalized spacial score (nSPS) is 28.6. The highest BCUT2D eigenvalue weighted by Gasteiger charge is 2.47. The van der Waals surface area contributed by atoms with Crippen LogP contribution in [0, 0.1) is 5.41 Å². The molecule has 4 nitrogen and oxygen atoms in total. The van der Waals surface area contributed by atoms with Gasteiger partial charge in [0, 0.05) is 32.8 Å². The highest BCUT2D eigenvalue weighted by molar-refractivity contribution is 5.84. The standard InChI is InChI=1S/C12H22N2O2/c1-10-8-13-6-7-14(10)11(15)12(9-16-2)4-3-5-12/h10,13H,3-9H2,1-2H3. The first-order valence-electron chi connectivity index (χ1n) is 6.20. The Bertz CT molecular complexity index is 264. The number of carbonyl (C=O) groups is 1. The van der Waals surface area contributed by atoms with Gasteiger partial charge in [-0.2, -0.15) is 0 Å². The van der Waals surface area contributed by atoms with Gasteiger partial charge in [-0.1, -0.05) is 6.42 Å². The third-order valence-electron chi connectivity index (χ3n) is 3.95. The molecule has 1 atom stereocenters. The van der Waals surface area contributed by atoms with Crippen molar-refractivity contribution >= 4 is 5.91 Å². The van der Waals surface area contributed by atoms with E-state index < -0.39 is 0 Å². The van der Waals surface area contributed by atoms with Crippen LogP contribution in [0.4, 0.5) is 0 Å². The maximum Gasteiger partial charge on any atom is 0.231 e. The number of carbonyl (C=O) groups excluding carboxylic acids is 1. The van der Waals surface area contributed by atoms with Gasteiger partial charge in [0.1, 0.15) is 0 Å². The Morgan fingerprint density at radius 2 is 2.31 bits per heavy atom. The van der Waals surface area contributed by atoms with Crippen LogP contribution >= 0.6 is 0 Å². The van der Waals surface area contributed by atoms with Crippen LogP contribution < -0.4 is 5.32 Å². The summed E-state index contributed by atoms with van der Waals surface area (Å²) in [5, 5.41) is 3.31. The summed E-state index contributed by atoms with van der Waals surface area (Å²) in [5.41, 5.74) is -0.194. The smallest absolute Gasteiger partial charge is 0.231 e. The summed E-state index contributed by atoms with van der Waals surface area (Å²) in [7, 11) is 1.69. The molecule has 2 aliphatic rings. The van der Waals surface area contributed by atoms with Crippen LogP contribution in [-0.2, 0) is 9.53 Å². The minimum Gasteiger partial charge on any atom is -0.384 e. The lowest BCUT2D eigenvalue weighted by Crippen LogP contribution is -2.59. The molecule has 0 aromatic heterocycles. The van der Waals surface area contributed by atoms with Gasteiger partial charge in [-0.15, -0.1) is 0 Å². The van der Waals surface area contributed by atoms with E-state index in [1.54, 1.807) is 7.11 Å². The minimum absolute atomic E-state index is 0.194. The van der Waals surface area contributed by atoms with Gasteiger partial charge in [0.05, 0.1) is 12.0 Å². The number of amides is 1. The molecule has 0 radical (unpaired) electrons. The second-order valence-electron chi connectivity index (χ2n) is 5.12. The molecule has 1 heterocycles. The Kier molecular flexibility index (Phi) is 3.50. The number of rotatable bonds is 3. The van der Waals surface area contributed by atoms with Crippen molar-refractivity contribution in [2.75, 3.05) is 33.4 Å². The number of hydrogen-bond acceptors (Lipinski definition) is 3. The molecule has 4 heteroatoms. The Balaban J connectivity index is 2.04. The lowest BCUT2D eigenvalue weighted by Gasteiger charge is -2.46. The van der Waals surface area contributed by atoms with Gasteiger partial charge in [-0.05, 0) is 19.8 Å². The van der Waals surface area contributed by atoms with Crippen molar-refractivity contribution in [1.82, 2.24) is 10.2 Å². The molecule has 2 fully saturated rings. The van der Waals surface area contributed by atoms with Crippen molar-refractivity contribution in [2.24, 2.45) is 5.41 Å². The molecule has 0 aromatic carbocycles. The predicted octanol–water partition coefficient (Wildman–Crippen LogP) is 0.623. The molecule has 16 heavy (non-hydrogen) atoms. The molecule has 0 spiro atoms. The van der Waals surface area contributed by atoms with E-state index >= 15 is 0 Å². The van der Waals surface area contributed by atoms with Crippen LogP contribution in [0.2, 0.25) is 0 Å². The summed E-state index contributed by atoms with van der Waals surface area (Å²) in [5.74, 6) is 0.314. The summed E-state index contributed by atoms with van der Waals surface area (Å²) in [6, 6.07) is 0.315. The first kappa shape index (κ1) is 11.9. The zero-order valence-corrected chi connectivity index (χ0v) is 10.3. The molecule has 2 rings (SSSR count). The molecule has 1 N–H and O–H groups in total. The first-order chi connectivity index (χ1) is 7.69. The van der Waals surface area contributed by atoms with Crippen LogP contribution in [-0.4, -0.2) is 50.2 Å². The van der Waals surface area contributed by atoms with Crippen LogP contribution in [0.25, 0.3) is 0 Å². The predicted molar refractivity (Wildman–Crippen MR) is 62.2 cm³/mol.